The monoisotopic (exact) mass is 450 g/mol. The molecule has 1 rings (SSSR count). The number of hydrogen-bond acceptors (Lipinski definition) is 5. The van der Waals surface area contributed by atoms with Crippen LogP contribution in [0.1, 0.15) is 38.2 Å². The molecule has 170 valence electrons. The van der Waals surface area contributed by atoms with Gasteiger partial charge >= 0.3 is 5.97 Å². The summed E-state index contributed by atoms with van der Waals surface area (Å²) in [7, 11) is 0. The Morgan fingerprint density at radius 1 is 1.06 bits per heavy atom. The molecular formula is C20H30N6O4S. The van der Waals surface area contributed by atoms with Gasteiger partial charge in [-0.3, -0.25) is 9.59 Å². The topological polar surface area (TPSA) is 186 Å². The van der Waals surface area contributed by atoms with E-state index in [1.165, 1.54) is 0 Å². The van der Waals surface area contributed by atoms with Crippen LogP contribution in [-0.4, -0.2) is 52.2 Å². The largest absolute Gasteiger partial charge is 0.480 e. The fraction of sp³-hybridized carbons (Fsp3) is 0.450. The number of nitrogens with two attached hydrogens (primary N) is 3. The van der Waals surface area contributed by atoms with Gasteiger partial charge in [0.05, 0.1) is 5.69 Å². The van der Waals surface area contributed by atoms with E-state index in [1.54, 1.807) is 36.0 Å². The number of rotatable bonds is 13. The summed E-state index contributed by atoms with van der Waals surface area (Å²) in [6.45, 7) is 2.06. The highest BCUT2D eigenvalue weighted by molar-refractivity contribution is 7.99. The molecule has 11 heteroatoms. The second kappa shape index (κ2) is 14.0. The maximum atomic E-state index is 12.0. The first kappa shape index (κ1) is 26.0. The van der Waals surface area contributed by atoms with Gasteiger partial charge < -0.3 is 27.6 Å². The van der Waals surface area contributed by atoms with E-state index in [-0.39, 0.29) is 43.4 Å². The van der Waals surface area contributed by atoms with E-state index in [0.29, 0.717) is 11.4 Å². The molecule has 0 aliphatic heterocycles. The Morgan fingerprint density at radius 3 is 2.32 bits per heavy atom. The molecule has 0 aliphatic carbocycles. The van der Waals surface area contributed by atoms with Gasteiger partial charge in [0.2, 0.25) is 11.8 Å². The summed E-state index contributed by atoms with van der Waals surface area (Å²) in [5.74, 6) is -0.282. The quantitative estimate of drug-likeness (QED) is 0.166. The minimum absolute atomic E-state index is 0.0300. The molecule has 8 N–H and O–H groups in total. The Hall–Kier alpha value is -3.08. The zero-order chi connectivity index (χ0) is 23.2. The van der Waals surface area contributed by atoms with Crippen molar-refractivity contribution in [3.8, 4) is 0 Å². The number of carboxylic acid groups (broad SMARTS) is 1. The SMILES string of the molecule is CCCSCCC(=O)NC(Cc1ccc(N=C(N)CCC(=O)N=C(N)N)cc1)C(=O)O. The second-order valence-corrected chi connectivity index (χ2v) is 7.95. The van der Waals surface area contributed by atoms with E-state index < -0.39 is 17.9 Å². The number of nitrogens with zero attached hydrogens (tertiary/aromatic N) is 2. The van der Waals surface area contributed by atoms with E-state index >= 15 is 0 Å². The lowest BCUT2D eigenvalue weighted by Gasteiger charge is -2.15. The molecule has 1 aromatic rings. The maximum Gasteiger partial charge on any atom is 0.326 e. The van der Waals surface area contributed by atoms with Crippen molar-refractivity contribution in [1.82, 2.24) is 5.32 Å². The maximum absolute atomic E-state index is 12.0. The zero-order valence-electron chi connectivity index (χ0n) is 17.5. The third-order valence-corrected chi connectivity index (χ3v) is 5.14. The highest BCUT2D eigenvalue weighted by atomic mass is 32.2. The van der Waals surface area contributed by atoms with Gasteiger partial charge in [-0.1, -0.05) is 19.1 Å². The van der Waals surface area contributed by atoms with Gasteiger partial charge in [0.1, 0.15) is 11.9 Å². The molecule has 1 unspecified atom stereocenters. The molecule has 0 fully saturated rings. The average Bonchev–Trinajstić information content (AvgIpc) is 2.70. The smallest absolute Gasteiger partial charge is 0.326 e. The van der Waals surface area contributed by atoms with Crippen LogP contribution in [-0.2, 0) is 20.8 Å². The summed E-state index contributed by atoms with van der Waals surface area (Å²) in [5.41, 5.74) is 17.4. The first-order chi connectivity index (χ1) is 14.7. The molecule has 0 bridgehead atoms. The van der Waals surface area contributed by atoms with Gasteiger partial charge in [-0.2, -0.15) is 16.8 Å². The molecule has 0 saturated carbocycles. The van der Waals surface area contributed by atoms with E-state index in [2.05, 4.69) is 22.2 Å². The minimum atomic E-state index is -1.09. The van der Waals surface area contributed by atoms with Crippen LogP contribution in [0.15, 0.2) is 34.3 Å². The van der Waals surface area contributed by atoms with Crippen molar-refractivity contribution in [2.24, 2.45) is 27.2 Å². The van der Waals surface area contributed by atoms with Gasteiger partial charge in [0.15, 0.2) is 5.96 Å². The number of guanidine groups is 1. The first-order valence-electron chi connectivity index (χ1n) is 9.85. The van der Waals surface area contributed by atoms with Crippen LogP contribution < -0.4 is 22.5 Å². The highest BCUT2D eigenvalue weighted by Gasteiger charge is 2.20. The number of aliphatic imine (C=N–C) groups is 2. The number of thioether (sulfide) groups is 1. The summed E-state index contributed by atoms with van der Waals surface area (Å²) < 4.78 is 0. The number of hydrogen-bond donors (Lipinski definition) is 5. The molecule has 2 amide bonds. The number of amides is 2. The predicted molar refractivity (Wildman–Crippen MR) is 123 cm³/mol. The molecule has 0 saturated heterocycles. The number of benzene rings is 1. The summed E-state index contributed by atoms with van der Waals surface area (Å²) in [6.07, 6.45) is 1.69. The third-order valence-electron chi connectivity index (χ3n) is 3.95. The number of carbonyl (C=O) groups is 3. The van der Waals surface area contributed by atoms with Crippen LogP contribution in [0.25, 0.3) is 0 Å². The van der Waals surface area contributed by atoms with Crippen molar-refractivity contribution in [3.63, 3.8) is 0 Å². The van der Waals surface area contributed by atoms with Crippen molar-refractivity contribution in [2.45, 2.75) is 45.1 Å². The van der Waals surface area contributed by atoms with Crippen LogP contribution in [0.3, 0.4) is 0 Å². The number of aliphatic carboxylic acids is 1. The Kier molecular flexibility index (Phi) is 11.7. The van der Waals surface area contributed by atoms with Gasteiger partial charge in [0.25, 0.3) is 0 Å². The second-order valence-electron chi connectivity index (χ2n) is 6.72. The van der Waals surface area contributed by atoms with Gasteiger partial charge in [-0.05, 0) is 29.9 Å². The zero-order valence-corrected chi connectivity index (χ0v) is 18.4. The summed E-state index contributed by atoms with van der Waals surface area (Å²) >= 11 is 1.67. The van der Waals surface area contributed by atoms with Crippen LogP contribution in [0.5, 0.6) is 0 Å². The lowest BCUT2D eigenvalue weighted by atomic mass is 10.1. The molecule has 10 nitrogen and oxygen atoms in total. The fourth-order valence-electron chi connectivity index (χ4n) is 2.48. The Morgan fingerprint density at radius 2 is 1.74 bits per heavy atom. The third kappa shape index (κ3) is 11.6. The first-order valence-corrected chi connectivity index (χ1v) is 11.0. The fourth-order valence-corrected chi connectivity index (χ4v) is 3.30. The van der Waals surface area contributed by atoms with Gasteiger partial charge in [0, 0.05) is 31.4 Å². The predicted octanol–water partition coefficient (Wildman–Crippen LogP) is 0.901. The molecule has 31 heavy (non-hydrogen) atoms. The molecule has 0 aromatic heterocycles. The van der Waals surface area contributed by atoms with Crippen LogP contribution >= 0.6 is 11.8 Å². The number of carbonyl (C=O) groups excluding carboxylic acids is 2. The lowest BCUT2D eigenvalue weighted by molar-refractivity contribution is -0.141. The Balaban J connectivity index is 2.61. The van der Waals surface area contributed by atoms with Crippen molar-refractivity contribution >= 4 is 47.0 Å². The summed E-state index contributed by atoms with van der Waals surface area (Å²) in [4.78, 5) is 42.5. The molecule has 0 radical (unpaired) electrons. The molecule has 0 heterocycles. The Bertz CT molecular complexity index is 806. The van der Waals surface area contributed by atoms with E-state index in [0.717, 1.165) is 17.7 Å². The van der Waals surface area contributed by atoms with Crippen molar-refractivity contribution < 1.29 is 19.5 Å². The van der Waals surface area contributed by atoms with Crippen LogP contribution in [0, 0.1) is 0 Å². The van der Waals surface area contributed by atoms with E-state index in [4.69, 9.17) is 17.2 Å². The molecule has 1 aromatic carbocycles. The summed E-state index contributed by atoms with van der Waals surface area (Å²) in [6, 6.07) is 5.79. The molecule has 0 spiro atoms. The highest BCUT2D eigenvalue weighted by Crippen LogP contribution is 2.15. The average molecular weight is 451 g/mol. The van der Waals surface area contributed by atoms with Crippen molar-refractivity contribution in [2.75, 3.05) is 11.5 Å². The normalized spacial score (nSPS) is 12.1. The summed E-state index contributed by atoms with van der Waals surface area (Å²) in [5, 5.41) is 12.0. The minimum Gasteiger partial charge on any atom is -0.480 e. The van der Waals surface area contributed by atoms with Gasteiger partial charge in [-0.15, -0.1) is 0 Å². The van der Waals surface area contributed by atoms with Crippen LogP contribution in [0.4, 0.5) is 5.69 Å². The molecule has 0 aliphatic rings. The number of nitrogens with one attached hydrogen (secondary N) is 1. The van der Waals surface area contributed by atoms with Crippen molar-refractivity contribution in [3.05, 3.63) is 29.8 Å². The van der Waals surface area contributed by atoms with Crippen LogP contribution in [0.2, 0.25) is 0 Å². The van der Waals surface area contributed by atoms with Gasteiger partial charge in [-0.25, -0.2) is 9.79 Å². The molecular weight excluding hydrogens is 420 g/mol. The Labute approximate surface area is 185 Å². The number of carboxylic acids is 1. The lowest BCUT2D eigenvalue weighted by Crippen LogP contribution is -2.42. The number of amidine groups is 1. The van der Waals surface area contributed by atoms with Crippen molar-refractivity contribution in [1.29, 1.82) is 0 Å². The van der Waals surface area contributed by atoms with E-state index in [1.807, 2.05) is 0 Å². The molecule has 1 atom stereocenters. The standard InChI is InChI=1S/C20H30N6O4S/c1-2-10-31-11-9-18(28)25-15(19(29)30)12-13-3-5-14(6-4-13)24-16(21)7-8-17(27)26-20(22)23/h3-6,15H,2,7-12H2,1H3,(H2,21,24)(H,25,28)(H,29,30)(H4,22,23,26,27). The van der Waals surface area contributed by atoms with E-state index in [9.17, 15) is 19.5 Å².